The van der Waals surface area contributed by atoms with Crippen molar-refractivity contribution in [2.45, 2.75) is 12.6 Å². The zero-order valence-corrected chi connectivity index (χ0v) is 12.9. The van der Waals surface area contributed by atoms with Crippen LogP contribution in [0, 0.1) is 0 Å². The van der Waals surface area contributed by atoms with Gasteiger partial charge in [-0.2, -0.15) is 13.2 Å². The number of carbonyl (C=O) groups is 2. The van der Waals surface area contributed by atoms with E-state index in [0.29, 0.717) is 5.69 Å². The fraction of sp³-hybridized carbons (Fsp3) is 0.250. The number of hydrogen-bond acceptors (Lipinski definition) is 4. The Morgan fingerprint density at radius 1 is 1.12 bits per heavy atom. The van der Waals surface area contributed by atoms with E-state index in [1.807, 2.05) is 0 Å². The monoisotopic (exact) mass is 356 g/mol. The standard InChI is InChI=1S/C16H15F3N2O4/c17-16(18,19)10-25-12-5-3-11(4-6-12)21-14(22)7-8-20-15(23)13-2-1-9-24-13/h1-6,9H,7-8,10H2,(H,20,23)(H,21,22). The molecular formula is C16H15F3N2O4. The number of hydrogen-bond donors (Lipinski definition) is 2. The number of halogens is 3. The first-order valence-electron chi connectivity index (χ1n) is 7.25. The lowest BCUT2D eigenvalue weighted by Gasteiger charge is -2.10. The highest BCUT2D eigenvalue weighted by Gasteiger charge is 2.28. The number of carbonyl (C=O) groups excluding carboxylic acids is 2. The van der Waals surface area contributed by atoms with Gasteiger partial charge in [0.1, 0.15) is 5.75 Å². The quantitative estimate of drug-likeness (QED) is 0.799. The smallest absolute Gasteiger partial charge is 0.422 e. The van der Waals surface area contributed by atoms with Crippen LogP contribution in [0.3, 0.4) is 0 Å². The van der Waals surface area contributed by atoms with Crippen LogP contribution in [0.25, 0.3) is 0 Å². The Labute approximate surface area is 141 Å². The van der Waals surface area contributed by atoms with Gasteiger partial charge in [0.05, 0.1) is 6.26 Å². The van der Waals surface area contributed by atoms with E-state index >= 15 is 0 Å². The van der Waals surface area contributed by atoms with Gasteiger partial charge in [-0.05, 0) is 36.4 Å². The molecule has 2 amide bonds. The molecule has 0 bridgehead atoms. The van der Waals surface area contributed by atoms with E-state index < -0.39 is 18.7 Å². The van der Waals surface area contributed by atoms with E-state index in [4.69, 9.17) is 4.42 Å². The van der Waals surface area contributed by atoms with Crippen LogP contribution < -0.4 is 15.4 Å². The van der Waals surface area contributed by atoms with Crippen molar-refractivity contribution in [3.63, 3.8) is 0 Å². The van der Waals surface area contributed by atoms with Crippen molar-refractivity contribution in [1.82, 2.24) is 5.32 Å². The summed E-state index contributed by atoms with van der Waals surface area (Å²) >= 11 is 0. The minimum atomic E-state index is -4.41. The molecule has 1 aromatic carbocycles. The van der Waals surface area contributed by atoms with Gasteiger partial charge in [0, 0.05) is 18.7 Å². The first-order chi connectivity index (χ1) is 11.8. The van der Waals surface area contributed by atoms with E-state index in [9.17, 15) is 22.8 Å². The van der Waals surface area contributed by atoms with Crippen LogP contribution in [0.15, 0.2) is 47.1 Å². The summed E-state index contributed by atoms with van der Waals surface area (Å²) < 4.78 is 45.6. The molecule has 0 unspecified atom stereocenters. The molecule has 2 N–H and O–H groups in total. The molecule has 9 heteroatoms. The number of anilines is 1. The molecule has 1 aromatic heterocycles. The van der Waals surface area contributed by atoms with Crippen molar-refractivity contribution in [1.29, 1.82) is 0 Å². The van der Waals surface area contributed by atoms with Gasteiger partial charge in [0.2, 0.25) is 5.91 Å². The first-order valence-corrected chi connectivity index (χ1v) is 7.25. The van der Waals surface area contributed by atoms with Crippen molar-refractivity contribution < 1.29 is 31.9 Å². The Balaban J connectivity index is 1.72. The molecule has 0 spiro atoms. The van der Waals surface area contributed by atoms with Crippen LogP contribution in [0.4, 0.5) is 18.9 Å². The predicted molar refractivity (Wildman–Crippen MR) is 82.3 cm³/mol. The van der Waals surface area contributed by atoms with Gasteiger partial charge in [-0.1, -0.05) is 0 Å². The fourth-order valence-electron chi connectivity index (χ4n) is 1.81. The van der Waals surface area contributed by atoms with Gasteiger partial charge in [0.25, 0.3) is 5.91 Å². The van der Waals surface area contributed by atoms with Gasteiger partial charge >= 0.3 is 6.18 Å². The lowest BCUT2D eigenvalue weighted by molar-refractivity contribution is -0.153. The van der Waals surface area contributed by atoms with E-state index in [1.165, 1.54) is 36.6 Å². The molecule has 0 fully saturated rings. The van der Waals surface area contributed by atoms with Gasteiger partial charge in [-0.3, -0.25) is 9.59 Å². The first kappa shape index (κ1) is 18.4. The molecule has 0 aliphatic heterocycles. The zero-order chi connectivity index (χ0) is 18.3. The largest absolute Gasteiger partial charge is 0.484 e. The third kappa shape index (κ3) is 6.58. The minimum absolute atomic E-state index is 0.0266. The maximum absolute atomic E-state index is 12.0. The van der Waals surface area contributed by atoms with Crippen molar-refractivity contribution in [3.8, 4) is 5.75 Å². The van der Waals surface area contributed by atoms with E-state index in [1.54, 1.807) is 6.07 Å². The summed E-state index contributed by atoms with van der Waals surface area (Å²) in [6.07, 6.45) is -3.02. The number of nitrogens with one attached hydrogen (secondary N) is 2. The van der Waals surface area contributed by atoms with Crippen molar-refractivity contribution >= 4 is 17.5 Å². The van der Waals surface area contributed by atoms with Gasteiger partial charge in [0.15, 0.2) is 12.4 Å². The number of benzene rings is 1. The normalized spacial score (nSPS) is 11.0. The lowest BCUT2D eigenvalue weighted by Crippen LogP contribution is -2.27. The molecule has 0 aliphatic rings. The van der Waals surface area contributed by atoms with E-state index in [0.717, 1.165) is 0 Å². The molecule has 2 aromatic rings. The second-order valence-corrected chi connectivity index (χ2v) is 4.96. The maximum atomic E-state index is 12.0. The summed E-state index contributed by atoms with van der Waals surface area (Å²) in [7, 11) is 0. The average molecular weight is 356 g/mol. The number of alkyl halides is 3. The van der Waals surface area contributed by atoms with Gasteiger partial charge < -0.3 is 19.8 Å². The molecule has 1 heterocycles. The number of amides is 2. The molecule has 134 valence electrons. The third-order valence-electron chi connectivity index (χ3n) is 2.92. The zero-order valence-electron chi connectivity index (χ0n) is 12.9. The summed E-state index contributed by atoms with van der Waals surface area (Å²) in [4.78, 5) is 23.3. The predicted octanol–water partition coefficient (Wildman–Crippen LogP) is 2.98. The minimum Gasteiger partial charge on any atom is -0.484 e. The number of furan rings is 1. The second kappa shape index (κ2) is 8.22. The highest BCUT2D eigenvalue weighted by Crippen LogP contribution is 2.20. The highest BCUT2D eigenvalue weighted by molar-refractivity contribution is 5.93. The van der Waals surface area contributed by atoms with Crippen LogP contribution in [0.2, 0.25) is 0 Å². The Morgan fingerprint density at radius 3 is 2.44 bits per heavy atom. The molecule has 0 saturated heterocycles. The highest BCUT2D eigenvalue weighted by atomic mass is 19.4. The van der Waals surface area contributed by atoms with Gasteiger partial charge in [-0.25, -0.2) is 0 Å². The summed E-state index contributed by atoms with van der Waals surface area (Å²) in [5, 5.41) is 5.08. The topological polar surface area (TPSA) is 80.6 Å². The van der Waals surface area contributed by atoms with Crippen molar-refractivity contribution in [3.05, 3.63) is 48.4 Å². The molecular weight excluding hydrogens is 341 g/mol. The van der Waals surface area contributed by atoms with Gasteiger partial charge in [-0.15, -0.1) is 0 Å². The van der Waals surface area contributed by atoms with Crippen LogP contribution in [0.1, 0.15) is 17.0 Å². The molecule has 0 atom stereocenters. The summed E-state index contributed by atoms with van der Waals surface area (Å²) in [5.74, 6) is -0.594. The average Bonchev–Trinajstić information content (AvgIpc) is 3.08. The van der Waals surface area contributed by atoms with Crippen LogP contribution in [-0.4, -0.2) is 31.1 Å². The van der Waals surface area contributed by atoms with Crippen molar-refractivity contribution in [2.75, 3.05) is 18.5 Å². The third-order valence-corrected chi connectivity index (χ3v) is 2.92. The fourth-order valence-corrected chi connectivity index (χ4v) is 1.81. The molecule has 6 nitrogen and oxygen atoms in total. The maximum Gasteiger partial charge on any atom is 0.422 e. The summed E-state index contributed by atoms with van der Waals surface area (Å²) in [6.45, 7) is -1.27. The van der Waals surface area contributed by atoms with E-state index in [2.05, 4.69) is 15.4 Å². The van der Waals surface area contributed by atoms with Crippen LogP contribution in [-0.2, 0) is 4.79 Å². The number of rotatable bonds is 7. The molecule has 0 saturated carbocycles. The Kier molecular flexibility index (Phi) is 6.04. The lowest BCUT2D eigenvalue weighted by atomic mass is 10.3. The second-order valence-electron chi connectivity index (χ2n) is 4.96. The van der Waals surface area contributed by atoms with Crippen LogP contribution in [0.5, 0.6) is 5.75 Å². The van der Waals surface area contributed by atoms with E-state index in [-0.39, 0.29) is 30.4 Å². The summed E-state index contributed by atoms with van der Waals surface area (Å²) in [6, 6.07) is 8.55. The summed E-state index contributed by atoms with van der Waals surface area (Å²) in [5.41, 5.74) is 0.404. The Bertz CT molecular complexity index is 697. The molecule has 2 rings (SSSR count). The number of ether oxygens (including phenoxy) is 1. The Morgan fingerprint density at radius 2 is 1.84 bits per heavy atom. The molecule has 0 radical (unpaired) electrons. The SMILES string of the molecule is O=C(CCNC(=O)c1ccco1)Nc1ccc(OCC(F)(F)F)cc1. The molecule has 25 heavy (non-hydrogen) atoms. The Hall–Kier alpha value is -2.97. The van der Waals surface area contributed by atoms with Crippen molar-refractivity contribution in [2.24, 2.45) is 0 Å². The molecule has 0 aliphatic carbocycles. The van der Waals surface area contributed by atoms with Crippen LogP contribution >= 0.6 is 0 Å².